The van der Waals surface area contributed by atoms with E-state index in [1.165, 1.54) is 0 Å². The Morgan fingerprint density at radius 2 is 2.21 bits per heavy atom. The van der Waals surface area contributed by atoms with E-state index in [1.54, 1.807) is 17.1 Å². The molecule has 5 nitrogen and oxygen atoms in total. The van der Waals surface area contributed by atoms with E-state index in [0.717, 1.165) is 25.7 Å². The highest BCUT2D eigenvalue weighted by Gasteiger charge is 2.39. The van der Waals surface area contributed by atoms with Crippen LogP contribution in [0.5, 0.6) is 0 Å². The number of hydrogen-bond acceptors (Lipinski definition) is 3. The highest BCUT2D eigenvalue weighted by atomic mass is 16.6. The summed E-state index contributed by atoms with van der Waals surface area (Å²) in [7, 11) is 0. The second kappa shape index (κ2) is 3.32. The van der Waals surface area contributed by atoms with Crippen molar-refractivity contribution in [3.05, 3.63) is 18.5 Å². The summed E-state index contributed by atoms with van der Waals surface area (Å²) in [6.07, 6.45) is 6.39. The number of carbonyl (C=O) groups is 1. The lowest BCUT2D eigenvalue weighted by Gasteiger charge is -2.28. The number of nitrogens with zero attached hydrogens (tertiary/aromatic N) is 2. The van der Waals surface area contributed by atoms with E-state index in [9.17, 15) is 4.79 Å². The van der Waals surface area contributed by atoms with Crippen LogP contribution >= 0.6 is 0 Å². The van der Waals surface area contributed by atoms with Crippen molar-refractivity contribution in [2.75, 3.05) is 0 Å². The second-order valence-corrected chi connectivity index (χ2v) is 3.53. The first-order chi connectivity index (χ1) is 6.73. The van der Waals surface area contributed by atoms with Crippen LogP contribution < -0.4 is 5.73 Å². The molecule has 0 aliphatic heterocycles. The quantitative estimate of drug-likeness (QED) is 0.770. The molecule has 14 heavy (non-hydrogen) atoms. The molecule has 0 aromatic carbocycles. The normalized spacial score (nSPS) is 19.4. The van der Waals surface area contributed by atoms with Gasteiger partial charge < -0.3 is 10.5 Å². The van der Waals surface area contributed by atoms with Crippen molar-refractivity contribution in [3.63, 3.8) is 0 Å². The van der Waals surface area contributed by atoms with E-state index in [2.05, 4.69) is 5.10 Å². The van der Waals surface area contributed by atoms with Crippen LogP contribution in [0.2, 0.25) is 0 Å². The van der Waals surface area contributed by atoms with Gasteiger partial charge in [0.05, 0.1) is 0 Å². The summed E-state index contributed by atoms with van der Waals surface area (Å²) in [6.45, 7) is 0. The lowest BCUT2D eigenvalue weighted by atomic mass is 10.2. The first-order valence-corrected chi connectivity index (χ1v) is 4.71. The average Bonchev–Trinajstić information content (AvgIpc) is 2.69. The number of aromatic nitrogens is 2. The Morgan fingerprint density at radius 1 is 1.50 bits per heavy atom. The summed E-state index contributed by atoms with van der Waals surface area (Å²) in [6, 6.07) is 1.81. The minimum atomic E-state index is -0.734. The molecular formula is C9H13N3O2. The maximum atomic E-state index is 10.8. The van der Waals surface area contributed by atoms with Gasteiger partial charge in [-0.3, -0.25) is 0 Å². The van der Waals surface area contributed by atoms with Crippen molar-refractivity contribution in [1.82, 2.24) is 9.78 Å². The average molecular weight is 195 g/mol. The molecule has 1 saturated carbocycles. The minimum absolute atomic E-state index is 0.630. The fraction of sp³-hybridized carbons (Fsp3) is 0.556. The molecule has 0 saturated heterocycles. The fourth-order valence-corrected chi connectivity index (χ4v) is 2.00. The van der Waals surface area contributed by atoms with Crippen molar-refractivity contribution in [3.8, 4) is 0 Å². The van der Waals surface area contributed by atoms with Crippen molar-refractivity contribution >= 4 is 6.09 Å². The molecule has 0 spiro atoms. The molecule has 2 rings (SSSR count). The van der Waals surface area contributed by atoms with Gasteiger partial charge in [-0.15, -0.1) is 0 Å². The second-order valence-electron chi connectivity index (χ2n) is 3.53. The topological polar surface area (TPSA) is 70.1 Å². The predicted octanol–water partition coefficient (Wildman–Crippen LogP) is 1.21. The summed E-state index contributed by atoms with van der Waals surface area (Å²) >= 11 is 0. The Morgan fingerprint density at radius 3 is 2.71 bits per heavy atom. The molecule has 76 valence electrons. The maximum absolute atomic E-state index is 10.8. The zero-order valence-electron chi connectivity index (χ0n) is 7.85. The van der Waals surface area contributed by atoms with E-state index < -0.39 is 11.8 Å². The highest BCUT2D eigenvalue weighted by Crippen LogP contribution is 2.36. The zero-order valence-corrected chi connectivity index (χ0v) is 7.85. The van der Waals surface area contributed by atoms with Crippen molar-refractivity contribution in [1.29, 1.82) is 0 Å². The van der Waals surface area contributed by atoms with Gasteiger partial charge in [-0.1, -0.05) is 0 Å². The number of amides is 1. The third-order valence-electron chi connectivity index (χ3n) is 2.60. The Balaban J connectivity index is 2.26. The van der Waals surface area contributed by atoms with Gasteiger partial charge in [0.1, 0.15) is 0 Å². The third kappa shape index (κ3) is 1.45. The largest absolute Gasteiger partial charge is 0.421 e. The molecule has 1 aromatic rings. The molecule has 1 heterocycles. The first kappa shape index (κ1) is 9.05. The number of primary amides is 1. The Kier molecular flexibility index (Phi) is 2.15. The standard InChI is InChI=1S/C9H13N3O2/c10-8(13)14-9(4-1-2-5-9)12-7-3-6-11-12/h3,6-7H,1-2,4-5H2,(H2,10,13). The van der Waals surface area contributed by atoms with Crippen LogP contribution in [0, 0.1) is 0 Å². The SMILES string of the molecule is NC(=O)OC1(n2cccn2)CCCC1. The van der Waals surface area contributed by atoms with Gasteiger partial charge in [0.2, 0.25) is 5.72 Å². The molecule has 0 bridgehead atoms. The molecule has 1 amide bonds. The lowest BCUT2D eigenvalue weighted by molar-refractivity contribution is -0.0519. The number of carbonyl (C=O) groups excluding carboxylic acids is 1. The molecule has 0 atom stereocenters. The Hall–Kier alpha value is -1.52. The minimum Gasteiger partial charge on any atom is -0.421 e. The van der Waals surface area contributed by atoms with Gasteiger partial charge in [0.25, 0.3) is 0 Å². The van der Waals surface area contributed by atoms with Crippen LogP contribution in [0.4, 0.5) is 4.79 Å². The summed E-state index contributed by atoms with van der Waals surface area (Å²) in [4.78, 5) is 10.8. The summed E-state index contributed by atoms with van der Waals surface area (Å²) in [5, 5.41) is 4.11. The van der Waals surface area contributed by atoms with Crippen LogP contribution in [0.15, 0.2) is 18.5 Å². The molecule has 2 N–H and O–H groups in total. The summed E-state index contributed by atoms with van der Waals surface area (Å²) < 4.78 is 6.87. The first-order valence-electron chi connectivity index (χ1n) is 4.71. The molecule has 1 fully saturated rings. The van der Waals surface area contributed by atoms with Crippen LogP contribution in [0.3, 0.4) is 0 Å². The van der Waals surface area contributed by atoms with Gasteiger partial charge in [0, 0.05) is 25.2 Å². The fourth-order valence-electron chi connectivity index (χ4n) is 2.00. The molecule has 5 heteroatoms. The molecule has 0 radical (unpaired) electrons. The van der Waals surface area contributed by atoms with Crippen LogP contribution in [-0.2, 0) is 10.5 Å². The number of hydrogen-bond donors (Lipinski definition) is 1. The maximum Gasteiger partial charge on any atom is 0.406 e. The van der Waals surface area contributed by atoms with Crippen LogP contribution in [0.1, 0.15) is 25.7 Å². The number of rotatable bonds is 2. The van der Waals surface area contributed by atoms with E-state index in [4.69, 9.17) is 10.5 Å². The van der Waals surface area contributed by atoms with Crippen LogP contribution in [-0.4, -0.2) is 15.9 Å². The molecule has 0 unspecified atom stereocenters. The van der Waals surface area contributed by atoms with Gasteiger partial charge >= 0.3 is 6.09 Å². The van der Waals surface area contributed by atoms with Gasteiger partial charge in [-0.25, -0.2) is 9.48 Å². The van der Waals surface area contributed by atoms with Crippen molar-refractivity contribution < 1.29 is 9.53 Å². The molecule has 1 aliphatic carbocycles. The monoisotopic (exact) mass is 195 g/mol. The molecular weight excluding hydrogens is 182 g/mol. The van der Waals surface area contributed by atoms with E-state index >= 15 is 0 Å². The van der Waals surface area contributed by atoms with Crippen LogP contribution in [0.25, 0.3) is 0 Å². The lowest BCUT2D eigenvalue weighted by Crippen LogP contribution is -2.38. The Bertz CT molecular complexity index is 315. The zero-order chi connectivity index (χ0) is 10.0. The highest BCUT2D eigenvalue weighted by molar-refractivity contribution is 5.65. The predicted molar refractivity (Wildman–Crippen MR) is 49.3 cm³/mol. The van der Waals surface area contributed by atoms with Crippen molar-refractivity contribution in [2.45, 2.75) is 31.4 Å². The molecule has 1 aliphatic rings. The summed E-state index contributed by atoms with van der Waals surface area (Å²) in [5.41, 5.74) is 4.43. The summed E-state index contributed by atoms with van der Waals surface area (Å²) in [5.74, 6) is 0. The molecule has 1 aromatic heterocycles. The number of ether oxygens (including phenoxy) is 1. The van der Waals surface area contributed by atoms with Gasteiger partial charge in [0.15, 0.2) is 0 Å². The van der Waals surface area contributed by atoms with E-state index in [-0.39, 0.29) is 0 Å². The Labute approximate surface area is 81.8 Å². The number of nitrogens with two attached hydrogens (primary N) is 1. The smallest absolute Gasteiger partial charge is 0.406 e. The third-order valence-corrected chi connectivity index (χ3v) is 2.60. The van der Waals surface area contributed by atoms with Gasteiger partial charge in [-0.2, -0.15) is 5.10 Å². The van der Waals surface area contributed by atoms with Crippen molar-refractivity contribution in [2.24, 2.45) is 5.73 Å². The van der Waals surface area contributed by atoms with E-state index in [1.807, 2.05) is 6.07 Å². The van der Waals surface area contributed by atoms with E-state index in [0.29, 0.717) is 0 Å². The van der Waals surface area contributed by atoms with Gasteiger partial charge in [-0.05, 0) is 18.9 Å².